The van der Waals surface area contributed by atoms with Crippen LogP contribution < -0.4 is 19.9 Å². The largest absolute Gasteiger partial charge is 0.497 e. The average molecular weight is 449 g/mol. The van der Waals surface area contributed by atoms with Crippen LogP contribution in [0.3, 0.4) is 0 Å². The highest BCUT2D eigenvalue weighted by atomic mass is 16.5. The Hall–Kier alpha value is -3.81. The number of amides is 1. The van der Waals surface area contributed by atoms with Gasteiger partial charge in [0.15, 0.2) is 0 Å². The third kappa shape index (κ3) is 5.34. The molecule has 1 amide bonds. The molecule has 0 spiro atoms. The number of carbonyl (C=O) groups excluding carboxylic acids is 1. The molecule has 0 N–H and O–H groups in total. The Morgan fingerprint density at radius 2 is 1.45 bits per heavy atom. The predicted octanol–water partition coefficient (Wildman–Crippen LogP) is 2.53. The Labute approximate surface area is 193 Å². The number of rotatable bonds is 7. The van der Waals surface area contributed by atoms with E-state index in [1.54, 1.807) is 44.6 Å². The SMILES string of the molecule is COc1ccc(CCC(=O)N2CCN(c3ccc(=O)n(-c4ccc(OC)cc4)n3)CC2)cc1. The number of benzene rings is 2. The van der Waals surface area contributed by atoms with Crippen molar-refractivity contribution >= 4 is 11.7 Å². The zero-order valence-corrected chi connectivity index (χ0v) is 18.9. The Balaban J connectivity index is 1.35. The molecular formula is C25H28N4O4. The smallest absolute Gasteiger partial charge is 0.271 e. The number of anilines is 1. The Kier molecular flexibility index (Phi) is 6.92. The van der Waals surface area contributed by atoms with E-state index in [-0.39, 0.29) is 11.5 Å². The average Bonchev–Trinajstić information content (AvgIpc) is 2.88. The van der Waals surface area contributed by atoms with Crippen molar-refractivity contribution in [2.45, 2.75) is 12.8 Å². The summed E-state index contributed by atoms with van der Waals surface area (Å²) in [6, 6.07) is 18.3. The molecule has 0 saturated carbocycles. The summed E-state index contributed by atoms with van der Waals surface area (Å²) in [4.78, 5) is 29.1. The minimum Gasteiger partial charge on any atom is -0.497 e. The first-order chi connectivity index (χ1) is 16.1. The van der Waals surface area contributed by atoms with Crippen molar-refractivity contribution in [2.24, 2.45) is 0 Å². The van der Waals surface area contributed by atoms with Crippen LogP contribution in [0.4, 0.5) is 5.82 Å². The fourth-order valence-corrected chi connectivity index (χ4v) is 3.87. The molecule has 0 radical (unpaired) electrons. The van der Waals surface area contributed by atoms with Crippen LogP contribution in [0.1, 0.15) is 12.0 Å². The molecule has 3 aromatic rings. The number of aryl methyl sites for hydroxylation is 1. The quantitative estimate of drug-likeness (QED) is 0.553. The molecule has 0 bridgehead atoms. The number of nitrogens with zero attached hydrogens (tertiary/aromatic N) is 4. The summed E-state index contributed by atoms with van der Waals surface area (Å²) in [7, 11) is 3.24. The summed E-state index contributed by atoms with van der Waals surface area (Å²) < 4.78 is 11.7. The second kappa shape index (κ2) is 10.2. The van der Waals surface area contributed by atoms with Crippen LogP contribution in [-0.2, 0) is 11.2 Å². The lowest BCUT2D eigenvalue weighted by Crippen LogP contribution is -2.49. The highest BCUT2D eigenvalue weighted by molar-refractivity contribution is 5.76. The minimum absolute atomic E-state index is 0.154. The molecule has 33 heavy (non-hydrogen) atoms. The normalized spacial score (nSPS) is 13.6. The molecule has 4 rings (SSSR count). The molecule has 1 aromatic heterocycles. The topological polar surface area (TPSA) is 76.9 Å². The van der Waals surface area contributed by atoms with Crippen LogP contribution in [0.5, 0.6) is 11.5 Å². The lowest BCUT2D eigenvalue weighted by atomic mass is 10.1. The lowest BCUT2D eigenvalue weighted by Gasteiger charge is -2.35. The highest BCUT2D eigenvalue weighted by Crippen LogP contribution is 2.17. The summed E-state index contributed by atoms with van der Waals surface area (Å²) in [5, 5.41) is 4.56. The van der Waals surface area contributed by atoms with Gasteiger partial charge in [0.1, 0.15) is 17.3 Å². The van der Waals surface area contributed by atoms with E-state index in [0.717, 1.165) is 22.9 Å². The molecule has 2 aromatic carbocycles. The third-order valence-electron chi connectivity index (χ3n) is 5.85. The maximum atomic E-state index is 12.7. The van der Waals surface area contributed by atoms with E-state index in [1.807, 2.05) is 29.2 Å². The van der Waals surface area contributed by atoms with Crippen molar-refractivity contribution in [1.29, 1.82) is 0 Å². The van der Waals surface area contributed by atoms with Crippen molar-refractivity contribution in [3.05, 3.63) is 76.6 Å². The Morgan fingerprint density at radius 1 is 0.848 bits per heavy atom. The van der Waals surface area contributed by atoms with Crippen LogP contribution in [0.25, 0.3) is 5.69 Å². The van der Waals surface area contributed by atoms with E-state index < -0.39 is 0 Å². The second-order valence-corrected chi connectivity index (χ2v) is 7.86. The van der Waals surface area contributed by atoms with Gasteiger partial charge in [-0.2, -0.15) is 4.68 Å². The van der Waals surface area contributed by atoms with Crippen molar-refractivity contribution in [1.82, 2.24) is 14.7 Å². The molecule has 8 heteroatoms. The van der Waals surface area contributed by atoms with Gasteiger partial charge >= 0.3 is 0 Å². The number of piperazine rings is 1. The van der Waals surface area contributed by atoms with Crippen LogP contribution in [0.15, 0.2) is 65.5 Å². The van der Waals surface area contributed by atoms with Crippen LogP contribution in [-0.4, -0.2) is 61.0 Å². The molecule has 0 unspecified atom stereocenters. The fourth-order valence-electron chi connectivity index (χ4n) is 3.87. The molecule has 1 fully saturated rings. The van der Waals surface area contributed by atoms with Gasteiger partial charge in [0.25, 0.3) is 5.56 Å². The molecule has 172 valence electrons. The van der Waals surface area contributed by atoms with Crippen LogP contribution in [0, 0.1) is 0 Å². The number of carbonyl (C=O) groups is 1. The highest BCUT2D eigenvalue weighted by Gasteiger charge is 2.22. The summed E-state index contributed by atoms with van der Waals surface area (Å²) >= 11 is 0. The van der Waals surface area contributed by atoms with Gasteiger partial charge in [0.2, 0.25) is 5.91 Å². The van der Waals surface area contributed by atoms with Crippen LogP contribution >= 0.6 is 0 Å². The lowest BCUT2D eigenvalue weighted by molar-refractivity contribution is -0.131. The molecular weight excluding hydrogens is 420 g/mol. The van der Waals surface area contributed by atoms with Gasteiger partial charge in [-0.05, 0) is 54.4 Å². The second-order valence-electron chi connectivity index (χ2n) is 7.86. The molecule has 2 heterocycles. The monoisotopic (exact) mass is 448 g/mol. The van der Waals surface area contributed by atoms with E-state index in [4.69, 9.17) is 9.47 Å². The molecule has 8 nitrogen and oxygen atoms in total. The molecule has 1 saturated heterocycles. The first kappa shape index (κ1) is 22.4. The summed E-state index contributed by atoms with van der Waals surface area (Å²) in [5.41, 5.74) is 1.60. The first-order valence-electron chi connectivity index (χ1n) is 11.0. The summed E-state index contributed by atoms with van der Waals surface area (Å²) in [6.07, 6.45) is 1.18. The molecule has 0 atom stereocenters. The maximum Gasteiger partial charge on any atom is 0.271 e. The van der Waals surface area contributed by atoms with Gasteiger partial charge in [-0.25, -0.2) is 0 Å². The van der Waals surface area contributed by atoms with Gasteiger partial charge in [-0.3, -0.25) is 9.59 Å². The predicted molar refractivity (Wildman–Crippen MR) is 126 cm³/mol. The number of hydrogen-bond acceptors (Lipinski definition) is 6. The number of aromatic nitrogens is 2. The molecule has 1 aliphatic rings. The van der Waals surface area contributed by atoms with Crippen molar-refractivity contribution in [2.75, 3.05) is 45.3 Å². The van der Waals surface area contributed by atoms with E-state index in [2.05, 4.69) is 10.00 Å². The summed E-state index contributed by atoms with van der Waals surface area (Å²) in [5.74, 6) is 2.40. The van der Waals surface area contributed by atoms with Gasteiger partial charge in [-0.1, -0.05) is 12.1 Å². The van der Waals surface area contributed by atoms with Crippen LogP contribution in [0.2, 0.25) is 0 Å². The van der Waals surface area contributed by atoms with Gasteiger partial charge in [0, 0.05) is 38.7 Å². The Morgan fingerprint density at radius 3 is 2.06 bits per heavy atom. The molecule has 0 aliphatic carbocycles. The standard InChI is InChI=1S/C25H28N4O4/c1-32-21-8-3-19(4-9-21)5-13-24(30)28-17-15-27(16-18-28)23-12-14-25(31)29(26-23)20-6-10-22(33-2)11-7-20/h3-4,6-12,14H,5,13,15-18H2,1-2H3. The van der Waals surface area contributed by atoms with Gasteiger partial charge in [-0.15, -0.1) is 5.10 Å². The fraction of sp³-hybridized carbons (Fsp3) is 0.320. The van der Waals surface area contributed by atoms with Crippen molar-refractivity contribution in [3.63, 3.8) is 0 Å². The zero-order chi connectivity index (χ0) is 23.2. The number of hydrogen-bond donors (Lipinski definition) is 0. The van der Waals surface area contributed by atoms with E-state index in [9.17, 15) is 9.59 Å². The third-order valence-corrected chi connectivity index (χ3v) is 5.85. The maximum absolute atomic E-state index is 12.7. The van der Waals surface area contributed by atoms with Gasteiger partial charge in [0.05, 0.1) is 19.9 Å². The summed E-state index contributed by atoms with van der Waals surface area (Å²) in [6.45, 7) is 2.60. The zero-order valence-electron chi connectivity index (χ0n) is 18.9. The minimum atomic E-state index is -0.198. The Bertz CT molecular complexity index is 1130. The van der Waals surface area contributed by atoms with Crippen molar-refractivity contribution in [3.8, 4) is 17.2 Å². The van der Waals surface area contributed by atoms with E-state index in [1.165, 1.54) is 10.7 Å². The number of methoxy groups -OCH3 is 2. The van der Waals surface area contributed by atoms with Gasteiger partial charge < -0.3 is 19.3 Å². The first-order valence-corrected chi connectivity index (χ1v) is 11.0. The van der Waals surface area contributed by atoms with E-state index >= 15 is 0 Å². The van der Waals surface area contributed by atoms with Crippen molar-refractivity contribution < 1.29 is 14.3 Å². The number of ether oxygens (including phenoxy) is 2. The molecule has 1 aliphatic heterocycles. The van der Waals surface area contributed by atoms with E-state index in [0.29, 0.717) is 44.7 Å².